The number of carbonyl (C=O) groups excluding carboxylic acids is 1. The maximum atomic E-state index is 11.6. The van der Waals surface area contributed by atoms with Crippen molar-refractivity contribution in [2.75, 3.05) is 32.2 Å². The summed E-state index contributed by atoms with van der Waals surface area (Å²) in [6.45, 7) is -0.444. The van der Waals surface area contributed by atoms with Crippen molar-refractivity contribution in [2.45, 2.75) is 6.04 Å². The van der Waals surface area contributed by atoms with Crippen LogP contribution in [0.5, 0.6) is 5.75 Å². The summed E-state index contributed by atoms with van der Waals surface area (Å²) < 4.78 is 5.10. The maximum Gasteiger partial charge on any atom is 0.238 e. The highest BCUT2D eigenvalue weighted by Crippen LogP contribution is 2.22. The summed E-state index contributed by atoms with van der Waals surface area (Å²) in [5, 5.41) is 23.1. The van der Waals surface area contributed by atoms with Gasteiger partial charge in [-0.15, -0.1) is 0 Å². The van der Waals surface area contributed by atoms with Gasteiger partial charge >= 0.3 is 0 Å². The highest BCUT2D eigenvalue weighted by atomic mass is 16.5. The standard InChI is InChI=1S/C12H18N2O4/c1-18-11-5-3-2-4-10(11)14-12(17)6-13-9(7-15)8-16/h2-5,9,13,15-16H,6-8H2,1H3,(H,14,17). The molecule has 0 spiro atoms. The number of nitrogens with one attached hydrogen (secondary N) is 2. The lowest BCUT2D eigenvalue weighted by Crippen LogP contribution is -2.40. The lowest BCUT2D eigenvalue weighted by atomic mass is 10.3. The van der Waals surface area contributed by atoms with Crippen LogP contribution in [0, 0.1) is 0 Å². The van der Waals surface area contributed by atoms with Gasteiger partial charge in [-0.3, -0.25) is 4.79 Å². The van der Waals surface area contributed by atoms with E-state index in [4.69, 9.17) is 14.9 Å². The van der Waals surface area contributed by atoms with Gasteiger partial charge in [-0.2, -0.15) is 0 Å². The van der Waals surface area contributed by atoms with E-state index >= 15 is 0 Å². The number of amides is 1. The summed E-state index contributed by atoms with van der Waals surface area (Å²) in [5.41, 5.74) is 0.580. The van der Waals surface area contributed by atoms with E-state index in [-0.39, 0.29) is 25.7 Å². The van der Waals surface area contributed by atoms with Crippen LogP contribution < -0.4 is 15.4 Å². The van der Waals surface area contributed by atoms with Gasteiger partial charge in [0.25, 0.3) is 0 Å². The molecule has 18 heavy (non-hydrogen) atoms. The first-order chi connectivity index (χ1) is 8.71. The molecule has 1 amide bonds. The Bertz CT molecular complexity index is 380. The molecular weight excluding hydrogens is 236 g/mol. The van der Waals surface area contributed by atoms with Gasteiger partial charge in [-0.25, -0.2) is 0 Å². The zero-order valence-corrected chi connectivity index (χ0v) is 10.2. The van der Waals surface area contributed by atoms with E-state index in [1.54, 1.807) is 24.3 Å². The van der Waals surface area contributed by atoms with Gasteiger partial charge in [-0.05, 0) is 12.1 Å². The first kappa shape index (κ1) is 14.4. The molecule has 0 unspecified atom stereocenters. The highest BCUT2D eigenvalue weighted by Gasteiger charge is 2.09. The van der Waals surface area contributed by atoms with E-state index in [1.807, 2.05) is 0 Å². The molecule has 0 bridgehead atoms. The summed E-state index contributed by atoms with van der Waals surface area (Å²) >= 11 is 0. The fraction of sp³-hybridized carbons (Fsp3) is 0.417. The van der Waals surface area contributed by atoms with Gasteiger partial charge < -0.3 is 25.6 Å². The highest BCUT2D eigenvalue weighted by molar-refractivity contribution is 5.93. The second-order valence-electron chi connectivity index (χ2n) is 3.69. The van der Waals surface area contributed by atoms with Crippen molar-refractivity contribution >= 4 is 11.6 Å². The normalized spacial score (nSPS) is 10.4. The minimum atomic E-state index is -0.492. The predicted octanol–water partition coefficient (Wildman–Crippen LogP) is -0.424. The fourth-order valence-electron chi connectivity index (χ4n) is 1.37. The number of aliphatic hydroxyl groups is 2. The Morgan fingerprint density at radius 2 is 2.00 bits per heavy atom. The zero-order chi connectivity index (χ0) is 13.4. The molecule has 6 nitrogen and oxygen atoms in total. The quantitative estimate of drug-likeness (QED) is 0.530. The Kier molecular flexibility index (Phi) is 6.13. The van der Waals surface area contributed by atoms with Crippen LogP contribution in [0.25, 0.3) is 0 Å². The van der Waals surface area contributed by atoms with Crippen LogP contribution in [0.2, 0.25) is 0 Å². The number of para-hydroxylation sites is 2. The molecule has 0 atom stereocenters. The van der Waals surface area contributed by atoms with E-state index in [0.29, 0.717) is 11.4 Å². The van der Waals surface area contributed by atoms with Crippen LogP contribution in [-0.2, 0) is 4.79 Å². The van der Waals surface area contributed by atoms with Crippen molar-refractivity contribution in [3.05, 3.63) is 24.3 Å². The van der Waals surface area contributed by atoms with Gasteiger partial charge in [-0.1, -0.05) is 12.1 Å². The van der Waals surface area contributed by atoms with Crippen molar-refractivity contribution in [3.8, 4) is 5.75 Å². The lowest BCUT2D eigenvalue weighted by Gasteiger charge is -2.14. The van der Waals surface area contributed by atoms with Crippen LogP contribution in [-0.4, -0.2) is 49.0 Å². The predicted molar refractivity (Wildman–Crippen MR) is 67.6 cm³/mol. The number of rotatable bonds is 7. The molecule has 4 N–H and O–H groups in total. The molecule has 100 valence electrons. The van der Waals surface area contributed by atoms with Crippen molar-refractivity contribution in [2.24, 2.45) is 0 Å². The number of methoxy groups -OCH3 is 1. The number of hydrogen-bond donors (Lipinski definition) is 4. The molecule has 0 aliphatic heterocycles. The minimum absolute atomic E-state index is 0.00380. The molecular formula is C12H18N2O4. The van der Waals surface area contributed by atoms with Gasteiger partial charge in [0.1, 0.15) is 5.75 Å². The molecule has 1 aromatic carbocycles. The van der Waals surface area contributed by atoms with E-state index in [1.165, 1.54) is 7.11 Å². The Balaban J connectivity index is 2.49. The summed E-state index contributed by atoms with van der Waals surface area (Å²) in [5.74, 6) is 0.304. The molecule has 1 aromatic rings. The largest absolute Gasteiger partial charge is 0.495 e. The van der Waals surface area contributed by atoms with Gasteiger partial charge in [0.15, 0.2) is 0 Å². The van der Waals surface area contributed by atoms with E-state index < -0.39 is 6.04 Å². The number of hydrogen-bond acceptors (Lipinski definition) is 5. The van der Waals surface area contributed by atoms with Crippen LogP contribution in [0.15, 0.2) is 24.3 Å². The molecule has 0 aromatic heterocycles. The molecule has 0 heterocycles. The average molecular weight is 254 g/mol. The minimum Gasteiger partial charge on any atom is -0.495 e. The molecule has 0 aliphatic carbocycles. The van der Waals surface area contributed by atoms with Crippen LogP contribution in [0.4, 0.5) is 5.69 Å². The van der Waals surface area contributed by atoms with Crippen LogP contribution in [0.3, 0.4) is 0 Å². The first-order valence-corrected chi connectivity index (χ1v) is 5.59. The van der Waals surface area contributed by atoms with E-state index in [9.17, 15) is 4.79 Å². The second kappa shape index (κ2) is 7.65. The number of aliphatic hydroxyl groups excluding tert-OH is 2. The third-order valence-corrected chi connectivity index (χ3v) is 2.37. The molecule has 0 saturated heterocycles. The van der Waals surface area contributed by atoms with Crippen LogP contribution in [0.1, 0.15) is 0 Å². The average Bonchev–Trinajstić information content (AvgIpc) is 2.40. The smallest absolute Gasteiger partial charge is 0.238 e. The molecule has 0 saturated carbocycles. The lowest BCUT2D eigenvalue weighted by molar-refractivity contribution is -0.115. The Labute approximate surface area is 106 Å². The van der Waals surface area contributed by atoms with Gasteiger partial charge in [0.2, 0.25) is 5.91 Å². The number of anilines is 1. The Morgan fingerprint density at radius 1 is 1.33 bits per heavy atom. The monoisotopic (exact) mass is 254 g/mol. The molecule has 1 rings (SSSR count). The van der Waals surface area contributed by atoms with E-state index in [2.05, 4.69) is 10.6 Å². The third-order valence-electron chi connectivity index (χ3n) is 2.37. The van der Waals surface area contributed by atoms with Crippen molar-refractivity contribution in [1.29, 1.82) is 0 Å². The number of benzene rings is 1. The Hall–Kier alpha value is -1.63. The molecule has 0 radical (unpaired) electrons. The summed E-state index contributed by atoms with van der Waals surface area (Å²) in [6, 6.07) is 6.57. The van der Waals surface area contributed by atoms with Crippen molar-refractivity contribution < 1.29 is 19.7 Å². The molecule has 6 heteroatoms. The Morgan fingerprint density at radius 3 is 2.61 bits per heavy atom. The topological polar surface area (TPSA) is 90.8 Å². The van der Waals surface area contributed by atoms with Crippen molar-refractivity contribution in [1.82, 2.24) is 5.32 Å². The molecule has 0 aliphatic rings. The second-order valence-corrected chi connectivity index (χ2v) is 3.69. The zero-order valence-electron chi connectivity index (χ0n) is 10.2. The summed E-state index contributed by atoms with van der Waals surface area (Å²) in [6.07, 6.45) is 0. The SMILES string of the molecule is COc1ccccc1NC(=O)CNC(CO)CO. The third kappa shape index (κ3) is 4.33. The maximum absolute atomic E-state index is 11.6. The van der Waals surface area contributed by atoms with Gasteiger partial charge in [0, 0.05) is 0 Å². The number of ether oxygens (including phenoxy) is 1. The van der Waals surface area contributed by atoms with Gasteiger partial charge in [0.05, 0.1) is 38.6 Å². The van der Waals surface area contributed by atoms with Crippen molar-refractivity contribution in [3.63, 3.8) is 0 Å². The first-order valence-electron chi connectivity index (χ1n) is 5.59. The van der Waals surface area contributed by atoms with E-state index in [0.717, 1.165) is 0 Å². The summed E-state index contributed by atoms with van der Waals surface area (Å²) in [7, 11) is 1.52. The number of carbonyl (C=O) groups is 1. The fourth-order valence-corrected chi connectivity index (χ4v) is 1.37. The van der Waals surface area contributed by atoms with Crippen LogP contribution >= 0.6 is 0 Å². The molecule has 0 fully saturated rings. The summed E-state index contributed by atoms with van der Waals surface area (Å²) in [4.78, 5) is 11.6.